The van der Waals surface area contributed by atoms with Gasteiger partial charge >= 0.3 is 0 Å². The molecule has 0 unspecified atom stereocenters. The fourth-order valence-corrected chi connectivity index (χ4v) is 2.27. The van der Waals surface area contributed by atoms with E-state index < -0.39 is 0 Å². The van der Waals surface area contributed by atoms with Crippen LogP contribution >= 0.6 is 0 Å². The molecule has 3 rings (SSSR count). The number of benzene rings is 1. The average Bonchev–Trinajstić information content (AvgIpc) is 2.83. The van der Waals surface area contributed by atoms with Crippen molar-refractivity contribution in [2.24, 2.45) is 5.73 Å². The minimum atomic E-state index is 0.0414. The van der Waals surface area contributed by atoms with Gasteiger partial charge in [0.15, 0.2) is 0 Å². The third-order valence-corrected chi connectivity index (χ3v) is 3.83. The first-order valence-electron chi connectivity index (χ1n) is 5.67. The summed E-state index contributed by atoms with van der Waals surface area (Å²) in [5, 5.41) is 0. The zero-order valence-electron chi connectivity index (χ0n) is 8.50. The molecule has 2 aliphatic rings. The Kier molecular flexibility index (Phi) is 1.72. The van der Waals surface area contributed by atoms with Gasteiger partial charge in [-0.2, -0.15) is 0 Å². The lowest BCUT2D eigenvalue weighted by Crippen LogP contribution is -2.19. The van der Waals surface area contributed by atoms with E-state index in [1.165, 1.54) is 43.2 Å². The summed E-state index contributed by atoms with van der Waals surface area (Å²) in [5.41, 5.74) is 9.12. The lowest BCUT2D eigenvalue weighted by molar-refractivity contribution is 0.419. The molecule has 1 aromatic carbocycles. The maximum absolute atomic E-state index is 6.20. The number of hydrogen-bond donors (Lipinski definition) is 1. The summed E-state index contributed by atoms with van der Waals surface area (Å²) in [6.07, 6.45) is 6.49. The Morgan fingerprint density at radius 3 is 2.57 bits per heavy atom. The molecule has 0 aromatic heterocycles. The molecule has 0 bridgehead atoms. The maximum atomic E-state index is 6.20. The molecule has 74 valence electrons. The molecule has 2 fully saturated rings. The Morgan fingerprint density at radius 1 is 1.21 bits per heavy atom. The molecule has 2 saturated carbocycles. The van der Waals surface area contributed by atoms with Crippen LogP contribution in [0, 0.1) is 0 Å². The van der Waals surface area contributed by atoms with E-state index in [2.05, 4.69) is 24.3 Å². The fourth-order valence-electron chi connectivity index (χ4n) is 2.27. The van der Waals surface area contributed by atoms with Gasteiger partial charge in [0.1, 0.15) is 0 Å². The van der Waals surface area contributed by atoms with E-state index in [1.807, 2.05) is 0 Å². The van der Waals surface area contributed by atoms with Gasteiger partial charge in [-0.25, -0.2) is 0 Å². The first-order chi connectivity index (χ1) is 6.78. The Morgan fingerprint density at radius 2 is 2.00 bits per heavy atom. The van der Waals surface area contributed by atoms with E-state index in [0.717, 1.165) is 5.92 Å². The quantitative estimate of drug-likeness (QED) is 0.757. The topological polar surface area (TPSA) is 26.0 Å². The predicted octanol–water partition coefficient (Wildman–Crippen LogP) is 2.90. The van der Waals surface area contributed by atoms with Crippen LogP contribution in [-0.4, -0.2) is 0 Å². The molecular weight excluding hydrogens is 170 g/mol. The van der Waals surface area contributed by atoms with Crippen molar-refractivity contribution in [3.63, 3.8) is 0 Å². The van der Waals surface area contributed by atoms with Crippen LogP contribution in [-0.2, 0) is 5.54 Å². The molecule has 0 heterocycles. The van der Waals surface area contributed by atoms with Gasteiger partial charge in [0.25, 0.3) is 0 Å². The van der Waals surface area contributed by atoms with E-state index in [9.17, 15) is 0 Å². The highest BCUT2D eigenvalue weighted by atomic mass is 14.8. The molecule has 0 radical (unpaired) electrons. The van der Waals surface area contributed by atoms with Crippen LogP contribution < -0.4 is 5.73 Å². The number of rotatable bonds is 2. The summed E-state index contributed by atoms with van der Waals surface area (Å²) in [4.78, 5) is 0. The second kappa shape index (κ2) is 2.83. The first-order valence-corrected chi connectivity index (χ1v) is 5.67. The van der Waals surface area contributed by atoms with Gasteiger partial charge in [0.2, 0.25) is 0 Å². The van der Waals surface area contributed by atoms with E-state index >= 15 is 0 Å². The molecule has 0 spiro atoms. The van der Waals surface area contributed by atoms with E-state index in [4.69, 9.17) is 5.73 Å². The fraction of sp³-hybridized carbons (Fsp3) is 0.538. The zero-order chi connectivity index (χ0) is 9.60. The zero-order valence-corrected chi connectivity index (χ0v) is 8.50. The number of nitrogens with two attached hydrogens (primary N) is 1. The van der Waals surface area contributed by atoms with Crippen molar-refractivity contribution < 1.29 is 0 Å². The first kappa shape index (κ1) is 8.49. The molecule has 0 atom stereocenters. The van der Waals surface area contributed by atoms with E-state index in [1.54, 1.807) is 0 Å². The highest BCUT2D eigenvalue weighted by Crippen LogP contribution is 2.44. The van der Waals surface area contributed by atoms with Crippen LogP contribution in [0.25, 0.3) is 0 Å². The Labute approximate surface area is 85.3 Å². The molecule has 14 heavy (non-hydrogen) atoms. The van der Waals surface area contributed by atoms with E-state index in [0.29, 0.717) is 0 Å². The van der Waals surface area contributed by atoms with Crippen molar-refractivity contribution in [2.45, 2.75) is 43.6 Å². The van der Waals surface area contributed by atoms with Gasteiger partial charge in [-0.1, -0.05) is 30.7 Å². The standard InChI is InChI=1S/C13H17N/c14-13(7-8-13)12-6-2-5-11(9-12)10-3-1-4-10/h2,5-6,9-10H,1,3-4,7-8,14H2. The van der Waals surface area contributed by atoms with Gasteiger partial charge in [-0.3, -0.25) is 0 Å². The summed E-state index contributed by atoms with van der Waals surface area (Å²) in [6.45, 7) is 0. The normalized spacial score (nSPS) is 24.4. The highest BCUT2D eigenvalue weighted by molar-refractivity contribution is 5.35. The monoisotopic (exact) mass is 187 g/mol. The second-order valence-corrected chi connectivity index (χ2v) is 4.91. The van der Waals surface area contributed by atoms with Crippen molar-refractivity contribution in [3.05, 3.63) is 35.4 Å². The minimum absolute atomic E-state index is 0.0414. The summed E-state index contributed by atoms with van der Waals surface area (Å²) in [6, 6.07) is 8.97. The summed E-state index contributed by atoms with van der Waals surface area (Å²) < 4.78 is 0. The van der Waals surface area contributed by atoms with Crippen LogP contribution in [0.2, 0.25) is 0 Å². The highest BCUT2D eigenvalue weighted by Gasteiger charge is 2.40. The molecule has 0 aliphatic heterocycles. The SMILES string of the molecule is NC1(c2cccc(C3CCC3)c2)CC1. The Bertz CT molecular complexity index is 348. The summed E-state index contributed by atoms with van der Waals surface area (Å²) in [7, 11) is 0. The molecule has 0 saturated heterocycles. The van der Waals surface area contributed by atoms with Crippen LogP contribution in [0.4, 0.5) is 0 Å². The van der Waals surface area contributed by atoms with Crippen molar-refractivity contribution >= 4 is 0 Å². The third-order valence-electron chi connectivity index (χ3n) is 3.83. The van der Waals surface area contributed by atoms with Crippen molar-refractivity contribution in [1.29, 1.82) is 0 Å². The van der Waals surface area contributed by atoms with Gasteiger partial charge in [-0.15, -0.1) is 0 Å². The van der Waals surface area contributed by atoms with E-state index in [-0.39, 0.29) is 5.54 Å². The minimum Gasteiger partial charge on any atom is -0.321 e. The largest absolute Gasteiger partial charge is 0.321 e. The Hall–Kier alpha value is -0.820. The summed E-state index contributed by atoms with van der Waals surface area (Å²) >= 11 is 0. The smallest absolute Gasteiger partial charge is 0.0411 e. The molecule has 2 N–H and O–H groups in total. The lowest BCUT2D eigenvalue weighted by atomic mass is 9.79. The molecule has 1 aromatic rings. The molecular formula is C13H17N. The lowest BCUT2D eigenvalue weighted by Gasteiger charge is -2.26. The van der Waals surface area contributed by atoms with Crippen LogP contribution in [0.5, 0.6) is 0 Å². The van der Waals surface area contributed by atoms with Gasteiger partial charge < -0.3 is 5.73 Å². The second-order valence-electron chi connectivity index (χ2n) is 4.91. The molecule has 1 heteroatoms. The van der Waals surface area contributed by atoms with Gasteiger partial charge in [0.05, 0.1) is 0 Å². The Balaban J connectivity index is 1.91. The third kappa shape index (κ3) is 1.27. The maximum Gasteiger partial charge on any atom is 0.0411 e. The van der Waals surface area contributed by atoms with Crippen LogP contribution in [0.15, 0.2) is 24.3 Å². The molecule has 1 nitrogen and oxygen atoms in total. The van der Waals surface area contributed by atoms with Crippen molar-refractivity contribution in [1.82, 2.24) is 0 Å². The van der Waals surface area contributed by atoms with Crippen LogP contribution in [0.3, 0.4) is 0 Å². The van der Waals surface area contributed by atoms with Gasteiger partial charge in [-0.05, 0) is 42.7 Å². The predicted molar refractivity (Wildman–Crippen MR) is 58.1 cm³/mol. The van der Waals surface area contributed by atoms with Crippen LogP contribution in [0.1, 0.15) is 49.1 Å². The van der Waals surface area contributed by atoms with Crippen molar-refractivity contribution in [3.8, 4) is 0 Å². The molecule has 2 aliphatic carbocycles. The molecule has 0 amide bonds. The van der Waals surface area contributed by atoms with Gasteiger partial charge in [0, 0.05) is 5.54 Å². The number of hydrogen-bond acceptors (Lipinski definition) is 1. The van der Waals surface area contributed by atoms with Crippen molar-refractivity contribution in [2.75, 3.05) is 0 Å². The average molecular weight is 187 g/mol. The summed E-state index contributed by atoms with van der Waals surface area (Å²) in [5.74, 6) is 0.831.